The first-order valence-corrected chi connectivity index (χ1v) is 5.85. The van der Waals surface area contributed by atoms with Crippen LogP contribution in [0.2, 0.25) is 0 Å². The molecule has 0 saturated carbocycles. The number of allylic oxidation sites excluding steroid dienone is 2. The Morgan fingerprint density at radius 1 is 1.33 bits per heavy atom. The fourth-order valence-electron chi connectivity index (χ4n) is 1.47. The zero-order chi connectivity index (χ0) is 11.5. The first kappa shape index (κ1) is 14.0. The summed E-state index contributed by atoms with van der Waals surface area (Å²) in [4.78, 5) is 2.13. The first-order chi connectivity index (χ1) is 7.20. The molecular formula is C14H25N. The maximum Gasteiger partial charge on any atom is 0.0348 e. The molecule has 0 aromatic carbocycles. The van der Waals surface area contributed by atoms with Crippen molar-refractivity contribution >= 4 is 0 Å². The number of hydrogen-bond donors (Lipinski definition) is 0. The van der Waals surface area contributed by atoms with Crippen LogP contribution in [0.25, 0.3) is 0 Å². The Morgan fingerprint density at radius 3 is 2.67 bits per heavy atom. The lowest BCUT2D eigenvalue weighted by Crippen LogP contribution is -2.09. The van der Waals surface area contributed by atoms with E-state index in [1.165, 1.54) is 31.3 Å². The Labute approximate surface area is 95.2 Å². The molecule has 0 spiro atoms. The fourth-order valence-corrected chi connectivity index (χ4v) is 1.47. The summed E-state index contributed by atoms with van der Waals surface area (Å²) in [6, 6.07) is 0. The van der Waals surface area contributed by atoms with E-state index < -0.39 is 0 Å². The minimum absolute atomic E-state index is 0.916. The van der Waals surface area contributed by atoms with E-state index in [0.29, 0.717) is 0 Å². The van der Waals surface area contributed by atoms with Crippen molar-refractivity contribution in [1.29, 1.82) is 0 Å². The first-order valence-electron chi connectivity index (χ1n) is 5.85. The average Bonchev–Trinajstić information content (AvgIpc) is 2.18. The number of hydrogen-bond acceptors (Lipinski definition) is 1. The summed E-state index contributed by atoms with van der Waals surface area (Å²) in [5, 5.41) is 0. The maximum atomic E-state index is 4.06. The van der Waals surface area contributed by atoms with Crippen LogP contribution in [-0.4, -0.2) is 18.5 Å². The molecule has 0 aromatic rings. The Balaban J connectivity index is 3.44. The van der Waals surface area contributed by atoms with E-state index in [4.69, 9.17) is 0 Å². The van der Waals surface area contributed by atoms with Crippen LogP contribution < -0.4 is 0 Å². The van der Waals surface area contributed by atoms with Crippen LogP contribution in [0.1, 0.15) is 39.0 Å². The van der Waals surface area contributed by atoms with Gasteiger partial charge in [0, 0.05) is 13.6 Å². The van der Waals surface area contributed by atoms with Crippen molar-refractivity contribution in [2.45, 2.75) is 39.0 Å². The number of unbranched alkanes of at least 4 members (excludes halogenated alkanes) is 1. The predicted molar refractivity (Wildman–Crippen MR) is 69.9 cm³/mol. The molecule has 1 nitrogen and oxygen atoms in total. The van der Waals surface area contributed by atoms with Gasteiger partial charge in [0.25, 0.3) is 0 Å². The summed E-state index contributed by atoms with van der Waals surface area (Å²) >= 11 is 0. The van der Waals surface area contributed by atoms with Crippen LogP contribution in [-0.2, 0) is 0 Å². The van der Waals surface area contributed by atoms with Gasteiger partial charge in [-0.2, -0.15) is 0 Å². The molecule has 0 aliphatic rings. The lowest BCUT2D eigenvalue weighted by molar-refractivity contribution is 0.507. The molecule has 0 amide bonds. The van der Waals surface area contributed by atoms with Crippen LogP contribution in [0.15, 0.2) is 37.1 Å². The van der Waals surface area contributed by atoms with E-state index >= 15 is 0 Å². The Hall–Kier alpha value is -0.980. The Bertz CT molecular complexity index is 203. The summed E-state index contributed by atoms with van der Waals surface area (Å²) in [6.07, 6.45) is 12.2. The van der Waals surface area contributed by atoms with Gasteiger partial charge < -0.3 is 4.90 Å². The molecule has 0 aromatic heterocycles. The van der Waals surface area contributed by atoms with E-state index in [9.17, 15) is 0 Å². The van der Waals surface area contributed by atoms with E-state index in [0.717, 1.165) is 13.0 Å². The summed E-state index contributed by atoms with van der Waals surface area (Å²) in [6.45, 7) is 10.9. The highest BCUT2D eigenvalue weighted by atomic mass is 15.1. The van der Waals surface area contributed by atoms with Crippen molar-refractivity contribution in [1.82, 2.24) is 4.90 Å². The topological polar surface area (TPSA) is 3.24 Å². The smallest absolute Gasteiger partial charge is 0.0348 e. The minimum atomic E-state index is 0.916. The molecular weight excluding hydrogens is 182 g/mol. The van der Waals surface area contributed by atoms with Crippen molar-refractivity contribution in [2.75, 3.05) is 13.6 Å². The molecule has 0 unspecified atom stereocenters. The summed E-state index contributed by atoms with van der Waals surface area (Å²) in [5.41, 5.74) is 1.39. The van der Waals surface area contributed by atoms with Crippen LogP contribution >= 0.6 is 0 Å². The van der Waals surface area contributed by atoms with Crippen molar-refractivity contribution in [3.8, 4) is 0 Å². The molecule has 0 saturated heterocycles. The van der Waals surface area contributed by atoms with Gasteiger partial charge in [-0.15, -0.1) is 6.58 Å². The minimum Gasteiger partial charge on any atom is -0.377 e. The zero-order valence-corrected chi connectivity index (χ0v) is 10.3. The SMILES string of the molecule is C=CCN(C)/C=C\CCCC(=C)CCC. The molecule has 1 heteroatoms. The van der Waals surface area contributed by atoms with Crippen LogP contribution in [0.5, 0.6) is 0 Å². The van der Waals surface area contributed by atoms with Gasteiger partial charge in [0.2, 0.25) is 0 Å². The zero-order valence-electron chi connectivity index (χ0n) is 10.3. The summed E-state index contributed by atoms with van der Waals surface area (Å²) in [5.74, 6) is 0. The largest absolute Gasteiger partial charge is 0.377 e. The van der Waals surface area contributed by atoms with Gasteiger partial charge in [-0.25, -0.2) is 0 Å². The highest BCUT2D eigenvalue weighted by Crippen LogP contribution is 2.11. The van der Waals surface area contributed by atoms with Gasteiger partial charge in [-0.1, -0.05) is 37.6 Å². The molecule has 15 heavy (non-hydrogen) atoms. The van der Waals surface area contributed by atoms with Crippen LogP contribution in [0.4, 0.5) is 0 Å². The second kappa shape index (κ2) is 9.57. The van der Waals surface area contributed by atoms with E-state index in [1.807, 2.05) is 6.08 Å². The average molecular weight is 207 g/mol. The van der Waals surface area contributed by atoms with Gasteiger partial charge in [0.15, 0.2) is 0 Å². The van der Waals surface area contributed by atoms with Crippen molar-refractivity contribution in [2.24, 2.45) is 0 Å². The van der Waals surface area contributed by atoms with Crippen molar-refractivity contribution in [3.05, 3.63) is 37.1 Å². The molecule has 86 valence electrons. The van der Waals surface area contributed by atoms with E-state index in [1.54, 1.807) is 0 Å². The summed E-state index contributed by atoms with van der Waals surface area (Å²) < 4.78 is 0. The molecule has 0 aliphatic carbocycles. The third-order valence-corrected chi connectivity index (χ3v) is 2.28. The standard InChI is InChI=1S/C14H25N/c1-5-10-14(3)11-8-7-9-13-15(4)12-6-2/h6,9,13H,2-3,5,7-8,10-12H2,1,4H3/b13-9-. The second-order valence-corrected chi connectivity index (χ2v) is 4.01. The quantitative estimate of drug-likeness (QED) is 0.405. The molecule has 0 rings (SSSR count). The van der Waals surface area contributed by atoms with Gasteiger partial charge in [-0.3, -0.25) is 0 Å². The van der Waals surface area contributed by atoms with Crippen molar-refractivity contribution < 1.29 is 0 Å². The monoisotopic (exact) mass is 207 g/mol. The van der Waals surface area contributed by atoms with Crippen LogP contribution in [0.3, 0.4) is 0 Å². The number of nitrogens with zero attached hydrogens (tertiary/aromatic N) is 1. The van der Waals surface area contributed by atoms with Crippen LogP contribution in [0, 0.1) is 0 Å². The molecule has 0 heterocycles. The van der Waals surface area contributed by atoms with Gasteiger partial charge >= 0.3 is 0 Å². The van der Waals surface area contributed by atoms with Gasteiger partial charge in [0.05, 0.1) is 0 Å². The van der Waals surface area contributed by atoms with E-state index in [-0.39, 0.29) is 0 Å². The fraction of sp³-hybridized carbons (Fsp3) is 0.571. The molecule has 0 atom stereocenters. The van der Waals surface area contributed by atoms with E-state index in [2.05, 4.69) is 44.3 Å². The summed E-state index contributed by atoms with van der Waals surface area (Å²) in [7, 11) is 2.06. The number of likely N-dealkylation sites (N-methyl/N-ethyl adjacent to an activating group) is 1. The maximum absolute atomic E-state index is 4.06. The Kier molecular flexibility index (Phi) is 8.95. The highest BCUT2D eigenvalue weighted by Gasteiger charge is 1.92. The Morgan fingerprint density at radius 2 is 2.07 bits per heavy atom. The third-order valence-electron chi connectivity index (χ3n) is 2.28. The normalized spacial score (nSPS) is 10.5. The molecule has 0 aliphatic heterocycles. The lowest BCUT2D eigenvalue weighted by Gasteiger charge is -2.09. The molecule has 0 N–H and O–H groups in total. The second-order valence-electron chi connectivity index (χ2n) is 4.01. The number of rotatable bonds is 9. The lowest BCUT2D eigenvalue weighted by atomic mass is 10.1. The molecule has 0 fully saturated rings. The third kappa shape index (κ3) is 9.33. The predicted octanol–water partition coefficient (Wildman–Crippen LogP) is 4.14. The van der Waals surface area contributed by atoms with Gasteiger partial charge in [-0.05, 0) is 31.9 Å². The highest BCUT2D eigenvalue weighted by molar-refractivity contribution is 4.94. The van der Waals surface area contributed by atoms with Crippen molar-refractivity contribution in [3.63, 3.8) is 0 Å². The van der Waals surface area contributed by atoms with Gasteiger partial charge in [0.1, 0.15) is 0 Å². The molecule has 0 bridgehead atoms. The molecule has 0 radical (unpaired) electrons.